The van der Waals surface area contributed by atoms with Crippen LogP contribution in [0.25, 0.3) is 10.9 Å². The summed E-state index contributed by atoms with van der Waals surface area (Å²) >= 11 is 8.34. The Morgan fingerprint density at radius 2 is 1.87 bits per heavy atom. The second-order valence-corrected chi connectivity index (χ2v) is 9.07. The van der Waals surface area contributed by atoms with Gasteiger partial charge in [0.15, 0.2) is 0 Å². The number of anilines is 1. The standard InChI is InChI=1S/C25H32ClN3S/c1-4-29(5-2)15-9-10-19(3)28-23-13-14-27-24-17-22(26)25(16-21(23)24)30-18-20-11-7-6-8-12-20/h6-8,11-14,16-17,19H,4-5,9-10,15,18H2,1-3H3,(H,27,28)/t19-/m1/s1. The van der Waals surface area contributed by atoms with Crippen molar-refractivity contribution in [2.24, 2.45) is 0 Å². The number of rotatable bonds is 11. The molecule has 3 rings (SSSR count). The molecule has 30 heavy (non-hydrogen) atoms. The number of halogens is 1. The van der Waals surface area contributed by atoms with Crippen LogP contribution >= 0.6 is 23.4 Å². The Balaban J connectivity index is 1.70. The SMILES string of the molecule is CCN(CC)CCC[C@@H](C)Nc1ccnc2cc(Cl)c(SCc3ccccc3)cc12. The average Bonchev–Trinajstić information content (AvgIpc) is 2.76. The van der Waals surface area contributed by atoms with Gasteiger partial charge in [-0.1, -0.05) is 55.8 Å². The number of nitrogens with one attached hydrogen (secondary N) is 1. The number of benzene rings is 2. The molecule has 1 N–H and O–H groups in total. The molecular weight excluding hydrogens is 410 g/mol. The van der Waals surface area contributed by atoms with E-state index < -0.39 is 0 Å². The van der Waals surface area contributed by atoms with Crippen LogP contribution in [-0.2, 0) is 5.75 Å². The highest BCUT2D eigenvalue weighted by molar-refractivity contribution is 7.98. The van der Waals surface area contributed by atoms with E-state index >= 15 is 0 Å². The van der Waals surface area contributed by atoms with E-state index in [1.807, 2.05) is 18.3 Å². The second-order valence-electron chi connectivity index (χ2n) is 7.65. The van der Waals surface area contributed by atoms with Gasteiger partial charge in [-0.25, -0.2) is 0 Å². The van der Waals surface area contributed by atoms with Gasteiger partial charge in [0.05, 0.1) is 10.5 Å². The number of pyridine rings is 1. The fourth-order valence-electron chi connectivity index (χ4n) is 3.62. The molecule has 0 radical (unpaired) electrons. The maximum absolute atomic E-state index is 6.57. The first kappa shape index (κ1) is 22.9. The zero-order valence-corrected chi connectivity index (χ0v) is 19.8. The molecule has 3 aromatic rings. The van der Waals surface area contributed by atoms with E-state index in [4.69, 9.17) is 11.6 Å². The first-order valence-corrected chi connectivity index (χ1v) is 12.2. The lowest BCUT2D eigenvalue weighted by Crippen LogP contribution is -2.25. The third kappa shape index (κ3) is 6.37. The maximum atomic E-state index is 6.57. The number of nitrogens with zero attached hydrogens (tertiary/aromatic N) is 2. The molecule has 1 heterocycles. The summed E-state index contributed by atoms with van der Waals surface area (Å²) in [5, 5.41) is 5.60. The van der Waals surface area contributed by atoms with Crippen molar-refractivity contribution < 1.29 is 0 Å². The minimum Gasteiger partial charge on any atom is -0.382 e. The molecule has 1 atom stereocenters. The van der Waals surface area contributed by atoms with Crippen LogP contribution in [0.4, 0.5) is 5.69 Å². The molecule has 0 spiro atoms. The van der Waals surface area contributed by atoms with E-state index in [1.54, 1.807) is 11.8 Å². The van der Waals surface area contributed by atoms with Crippen molar-refractivity contribution >= 4 is 40.0 Å². The third-order valence-corrected chi connectivity index (χ3v) is 6.99. The number of aromatic nitrogens is 1. The third-order valence-electron chi connectivity index (χ3n) is 5.44. The minimum atomic E-state index is 0.405. The monoisotopic (exact) mass is 441 g/mol. The molecule has 0 saturated heterocycles. The molecule has 2 aromatic carbocycles. The van der Waals surface area contributed by atoms with E-state index in [2.05, 4.69) is 72.4 Å². The van der Waals surface area contributed by atoms with Crippen LogP contribution in [0.2, 0.25) is 5.02 Å². The van der Waals surface area contributed by atoms with Crippen molar-refractivity contribution in [1.29, 1.82) is 0 Å². The summed E-state index contributed by atoms with van der Waals surface area (Å²) in [6.45, 7) is 10.1. The lowest BCUT2D eigenvalue weighted by Gasteiger charge is -2.21. The van der Waals surface area contributed by atoms with Crippen LogP contribution in [0, 0.1) is 0 Å². The predicted octanol–water partition coefficient (Wildman–Crippen LogP) is 7.10. The fraction of sp³-hybridized carbons (Fsp3) is 0.400. The quantitative estimate of drug-likeness (QED) is 0.321. The Morgan fingerprint density at radius 1 is 1.10 bits per heavy atom. The lowest BCUT2D eigenvalue weighted by atomic mass is 10.1. The van der Waals surface area contributed by atoms with Gasteiger partial charge in [-0.15, -0.1) is 11.8 Å². The summed E-state index contributed by atoms with van der Waals surface area (Å²) in [5.74, 6) is 0.900. The smallest absolute Gasteiger partial charge is 0.0738 e. The average molecular weight is 442 g/mol. The summed E-state index contributed by atoms with van der Waals surface area (Å²) in [6, 6.07) is 17.1. The maximum Gasteiger partial charge on any atom is 0.0738 e. The largest absolute Gasteiger partial charge is 0.382 e. The number of fused-ring (bicyclic) bond motifs is 1. The molecule has 0 saturated carbocycles. The molecule has 0 amide bonds. The summed E-state index contributed by atoms with van der Waals surface area (Å²) in [5.41, 5.74) is 3.36. The van der Waals surface area contributed by atoms with Gasteiger partial charge in [0.1, 0.15) is 0 Å². The topological polar surface area (TPSA) is 28.2 Å². The van der Waals surface area contributed by atoms with Gasteiger partial charge >= 0.3 is 0 Å². The fourth-order valence-corrected chi connectivity index (χ4v) is 4.85. The van der Waals surface area contributed by atoms with E-state index in [-0.39, 0.29) is 0 Å². The highest BCUT2D eigenvalue weighted by Gasteiger charge is 2.11. The summed E-state index contributed by atoms with van der Waals surface area (Å²) in [6.07, 6.45) is 4.20. The lowest BCUT2D eigenvalue weighted by molar-refractivity contribution is 0.295. The minimum absolute atomic E-state index is 0.405. The van der Waals surface area contributed by atoms with Crippen LogP contribution in [-0.4, -0.2) is 35.6 Å². The number of thioether (sulfide) groups is 1. The van der Waals surface area contributed by atoms with Crippen LogP contribution in [0.1, 0.15) is 39.2 Å². The molecule has 1 aromatic heterocycles. The Hall–Kier alpha value is -1.75. The van der Waals surface area contributed by atoms with Crippen molar-refractivity contribution in [3.05, 3.63) is 65.3 Å². The predicted molar refractivity (Wildman–Crippen MR) is 133 cm³/mol. The molecule has 0 bridgehead atoms. The summed E-state index contributed by atoms with van der Waals surface area (Å²) < 4.78 is 0. The highest BCUT2D eigenvalue weighted by atomic mass is 35.5. The van der Waals surface area contributed by atoms with Gasteiger partial charge in [0.25, 0.3) is 0 Å². The van der Waals surface area contributed by atoms with Gasteiger partial charge in [0.2, 0.25) is 0 Å². The molecule has 0 unspecified atom stereocenters. The van der Waals surface area contributed by atoms with Crippen molar-refractivity contribution in [2.45, 2.75) is 50.3 Å². The van der Waals surface area contributed by atoms with Crippen molar-refractivity contribution in [3.63, 3.8) is 0 Å². The molecule has 0 aliphatic carbocycles. The highest BCUT2D eigenvalue weighted by Crippen LogP contribution is 2.35. The van der Waals surface area contributed by atoms with Gasteiger partial charge in [-0.3, -0.25) is 4.98 Å². The van der Waals surface area contributed by atoms with Crippen LogP contribution in [0.5, 0.6) is 0 Å². The van der Waals surface area contributed by atoms with Gasteiger partial charge in [0, 0.05) is 34.0 Å². The molecule has 5 heteroatoms. The molecular formula is C25H32ClN3S. The molecule has 0 aliphatic heterocycles. The van der Waals surface area contributed by atoms with E-state index in [9.17, 15) is 0 Å². The van der Waals surface area contributed by atoms with Gasteiger partial charge in [-0.2, -0.15) is 0 Å². The first-order valence-electron chi connectivity index (χ1n) is 10.8. The Morgan fingerprint density at radius 3 is 2.60 bits per heavy atom. The van der Waals surface area contributed by atoms with E-state index in [0.717, 1.165) is 58.3 Å². The summed E-state index contributed by atoms with van der Waals surface area (Å²) in [4.78, 5) is 8.11. The van der Waals surface area contributed by atoms with E-state index in [1.165, 1.54) is 12.0 Å². The van der Waals surface area contributed by atoms with Crippen molar-refractivity contribution in [2.75, 3.05) is 25.0 Å². The Bertz CT molecular complexity index is 928. The van der Waals surface area contributed by atoms with Crippen LogP contribution in [0.3, 0.4) is 0 Å². The van der Waals surface area contributed by atoms with Crippen molar-refractivity contribution in [3.8, 4) is 0 Å². The van der Waals surface area contributed by atoms with Crippen LogP contribution in [0.15, 0.2) is 59.6 Å². The zero-order valence-electron chi connectivity index (χ0n) is 18.2. The molecule has 160 valence electrons. The Kier molecular flexibility index (Phi) is 8.86. The first-order chi connectivity index (χ1) is 14.6. The molecule has 0 aliphatic rings. The number of hydrogen-bond donors (Lipinski definition) is 1. The van der Waals surface area contributed by atoms with Crippen molar-refractivity contribution in [1.82, 2.24) is 9.88 Å². The van der Waals surface area contributed by atoms with Gasteiger partial charge in [-0.05, 0) is 63.2 Å². The Labute approximate surface area is 190 Å². The summed E-state index contributed by atoms with van der Waals surface area (Å²) in [7, 11) is 0. The zero-order chi connectivity index (χ0) is 21.3. The van der Waals surface area contributed by atoms with Gasteiger partial charge < -0.3 is 10.2 Å². The normalized spacial score (nSPS) is 12.4. The number of hydrogen-bond acceptors (Lipinski definition) is 4. The van der Waals surface area contributed by atoms with Crippen LogP contribution < -0.4 is 5.32 Å². The van der Waals surface area contributed by atoms with E-state index in [0.29, 0.717) is 6.04 Å². The second kappa shape index (κ2) is 11.6. The molecule has 3 nitrogen and oxygen atoms in total. The molecule has 0 fully saturated rings.